The van der Waals surface area contributed by atoms with Crippen molar-refractivity contribution in [2.24, 2.45) is 5.92 Å². The molecule has 2 aromatic carbocycles. The van der Waals surface area contributed by atoms with Gasteiger partial charge in [0, 0.05) is 13.1 Å². The van der Waals surface area contributed by atoms with E-state index in [1.807, 2.05) is 43.3 Å². The number of ether oxygens (including phenoxy) is 4. The molecule has 3 rings (SSSR count). The number of nitrogens with zero attached hydrogens (tertiary/aromatic N) is 1. The van der Waals surface area contributed by atoms with E-state index in [0.29, 0.717) is 31.0 Å². The van der Waals surface area contributed by atoms with E-state index >= 15 is 0 Å². The van der Waals surface area contributed by atoms with Crippen LogP contribution in [0.2, 0.25) is 0 Å². The Morgan fingerprint density at radius 3 is 2.43 bits per heavy atom. The van der Waals surface area contributed by atoms with E-state index in [9.17, 15) is 9.59 Å². The summed E-state index contributed by atoms with van der Waals surface area (Å²) in [5.41, 5.74) is 2.64. The molecule has 1 aliphatic heterocycles. The molecule has 160 valence electrons. The summed E-state index contributed by atoms with van der Waals surface area (Å²) >= 11 is 0. The van der Waals surface area contributed by atoms with E-state index < -0.39 is 6.09 Å². The standard InChI is InChI=1S/C23H27NO6/c1-16-11-18(12-20(27-2)21(16)28-3)15-29-22(25)19-9-10-24(13-19)23(26)30-14-17-7-5-4-6-8-17/h4-8,11-12,19H,9-10,13-15H2,1-3H3. The van der Waals surface area contributed by atoms with Crippen LogP contribution in [0.15, 0.2) is 42.5 Å². The number of hydrogen-bond acceptors (Lipinski definition) is 6. The Labute approximate surface area is 176 Å². The zero-order valence-electron chi connectivity index (χ0n) is 17.6. The van der Waals surface area contributed by atoms with Crippen LogP contribution >= 0.6 is 0 Å². The summed E-state index contributed by atoms with van der Waals surface area (Å²) < 4.78 is 21.5. The highest BCUT2D eigenvalue weighted by molar-refractivity contribution is 5.75. The number of carbonyl (C=O) groups excluding carboxylic acids is 2. The fraction of sp³-hybridized carbons (Fsp3) is 0.391. The van der Waals surface area contributed by atoms with Crippen LogP contribution in [0, 0.1) is 12.8 Å². The number of amides is 1. The predicted molar refractivity (Wildman–Crippen MR) is 110 cm³/mol. The molecule has 7 heteroatoms. The van der Waals surface area contributed by atoms with Crippen LogP contribution in [0.5, 0.6) is 11.5 Å². The van der Waals surface area contributed by atoms with Crippen LogP contribution in [0.1, 0.15) is 23.1 Å². The van der Waals surface area contributed by atoms with Crippen molar-refractivity contribution in [3.05, 3.63) is 59.2 Å². The van der Waals surface area contributed by atoms with Crippen LogP contribution in [-0.4, -0.2) is 44.3 Å². The second-order valence-electron chi connectivity index (χ2n) is 7.23. The largest absolute Gasteiger partial charge is 0.493 e. The molecule has 1 fully saturated rings. The monoisotopic (exact) mass is 413 g/mol. The molecular weight excluding hydrogens is 386 g/mol. The Morgan fingerprint density at radius 1 is 1.00 bits per heavy atom. The van der Waals surface area contributed by atoms with Gasteiger partial charge in [-0.2, -0.15) is 0 Å². The van der Waals surface area contributed by atoms with E-state index in [1.54, 1.807) is 25.2 Å². The van der Waals surface area contributed by atoms with Crippen LogP contribution in [0.3, 0.4) is 0 Å². The number of benzene rings is 2. The smallest absolute Gasteiger partial charge is 0.410 e. The molecule has 0 aromatic heterocycles. The van der Waals surface area contributed by atoms with Crippen LogP contribution in [0.25, 0.3) is 0 Å². The molecule has 7 nitrogen and oxygen atoms in total. The topological polar surface area (TPSA) is 74.3 Å². The van der Waals surface area contributed by atoms with Gasteiger partial charge in [-0.1, -0.05) is 30.3 Å². The second-order valence-corrected chi connectivity index (χ2v) is 7.23. The average Bonchev–Trinajstić information content (AvgIpc) is 3.26. The lowest BCUT2D eigenvalue weighted by molar-refractivity contribution is -0.149. The molecule has 1 saturated heterocycles. The first-order chi connectivity index (χ1) is 14.5. The molecule has 0 radical (unpaired) electrons. The first kappa shape index (κ1) is 21.5. The molecule has 1 unspecified atom stereocenters. The maximum absolute atomic E-state index is 12.5. The number of hydrogen-bond donors (Lipinski definition) is 0. The quantitative estimate of drug-likeness (QED) is 0.644. The van der Waals surface area contributed by atoms with Gasteiger partial charge >= 0.3 is 12.1 Å². The summed E-state index contributed by atoms with van der Waals surface area (Å²) in [6.45, 7) is 3.03. The zero-order valence-corrected chi connectivity index (χ0v) is 17.6. The minimum atomic E-state index is -0.412. The highest BCUT2D eigenvalue weighted by Gasteiger charge is 2.33. The van der Waals surface area contributed by atoms with Gasteiger partial charge in [0.1, 0.15) is 13.2 Å². The maximum Gasteiger partial charge on any atom is 0.410 e. The summed E-state index contributed by atoms with van der Waals surface area (Å²) in [4.78, 5) is 26.3. The Morgan fingerprint density at radius 2 is 1.73 bits per heavy atom. The fourth-order valence-corrected chi connectivity index (χ4v) is 3.51. The average molecular weight is 413 g/mol. The van der Waals surface area contributed by atoms with Crippen molar-refractivity contribution in [1.82, 2.24) is 4.90 Å². The van der Waals surface area contributed by atoms with Crippen molar-refractivity contribution < 1.29 is 28.5 Å². The van der Waals surface area contributed by atoms with Gasteiger partial charge < -0.3 is 23.8 Å². The van der Waals surface area contributed by atoms with Crippen LogP contribution in [0.4, 0.5) is 4.79 Å². The third-order valence-corrected chi connectivity index (χ3v) is 5.09. The Kier molecular flexibility index (Phi) is 7.17. The van der Waals surface area contributed by atoms with Gasteiger partial charge in [-0.3, -0.25) is 4.79 Å². The van der Waals surface area contributed by atoms with E-state index in [2.05, 4.69) is 0 Å². The van der Waals surface area contributed by atoms with Crippen molar-refractivity contribution in [3.8, 4) is 11.5 Å². The molecular formula is C23H27NO6. The van der Waals surface area contributed by atoms with Gasteiger partial charge in [0.05, 0.1) is 20.1 Å². The third-order valence-electron chi connectivity index (χ3n) is 5.09. The lowest BCUT2D eigenvalue weighted by Crippen LogP contribution is -2.30. The number of likely N-dealkylation sites (tertiary alicyclic amines) is 1. The predicted octanol–water partition coefficient (Wildman–Crippen LogP) is 3.71. The zero-order chi connectivity index (χ0) is 21.5. The number of esters is 1. The first-order valence-electron chi connectivity index (χ1n) is 9.85. The van der Waals surface area contributed by atoms with Gasteiger partial charge in [0.15, 0.2) is 11.5 Å². The van der Waals surface area contributed by atoms with Gasteiger partial charge in [-0.25, -0.2) is 4.79 Å². The van der Waals surface area contributed by atoms with Crippen molar-refractivity contribution in [2.75, 3.05) is 27.3 Å². The molecule has 0 saturated carbocycles. The summed E-state index contributed by atoms with van der Waals surface area (Å²) in [5, 5.41) is 0. The summed E-state index contributed by atoms with van der Waals surface area (Å²) in [6.07, 6.45) is 0.147. The number of rotatable bonds is 7. The number of aryl methyl sites for hydroxylation is 1. The van der Waals surface area contributed by atoms with Gasteiger partial charge in [-0.15, -0.1) is 0 Å². The molecule has 2 aromatic rings. The molecule has 0 N–H and O–H groups in total. The molecule has 0 aliphatic carbocycles. The van der Waals surface area contributed by atoms with Gasteiger partial charge in [-0.05, 0) is 42.2 Å². The van der Waals surface area contributed by atoms with Crippen molar-refractivity contribution in [1.29, 1.82) is 0 Å². The minimum absolute atomic E-state index is 0.134. The van der Waals surface area contributed by atoms with Crippen LogP contribution in [-0.2, 0) is 27.5 Å². The normalized spacial score (nSPS) is 15.6. The summed E-state index contributed by atoms with van der Waals surface area (Å²) in [6, 6.07) is 13.2. The maximum atomic E-state index is 12.5. The van der Waals surface area contributed by atoms with Crippen molar-refractivity contribution in [3.63, 3.8) is 0 Å². The van der Waals surface area contributed by atoms with E-state index in [1.165, 1.54) is 0 Å². The SMILES string of the molecule is COc1cc(COC(=O)C2CCN(C(=O)OCc3ccccc3)C2)cc(C)c1OC. The van der Waals surface area contributed by atoms with E-state index in [0.717, 1.165) is 16.7 Å². The molecule has 1 heterocycles. The van der Waals surface area contributed by atoms with Crippen LogP contribution < -0.4 is 9.47 Å². The lowest BCUT2D eigenvalue weighted by Gasteiger charge is -2.16. The third kappa shape index (κ3) is 5.23. The Bertz CT molecular complexity index is 883. The highest BCUT2D eigenvalue weighted by Crippen LogP contribution is 2.32. The minimum Gasteiger partial charge on any atom is -0.493 e. The summed E-state index contributed by atoms with van der Waals surface area (Å²) in [7, 11) is 3.15. The molecule has 1 atom stereocenters. The first-order valence-corrected chi connectivity index (χ1v) is 9.85. The van der Waals surface area contributed by atoms with Crippen molar-refractivity contribution in [2.45, 2.75) is 26.6 Å². The number of methoxy groups -OCH3 is 2. The molecule has 1 aliphatic rings. The van der Waals surface area contributed by atoms with E-state index in [-0.39, 0.29) is 25.1 Å². The Hall–Kier alpha value is -3.22. The summed E-state index contributed by atoms with van der Waals surface area (Å²) in [5.74, 6) is 0.584. The van der Waals surface area contributed by atoms with Crippen molar-refractivity contribution >= 4 is 12.1 Å². The molecule has 1 amide bonds. The molecule has 0 bridgehead atoms. The fourth-order valence-electron chi connectivity index (χ4n) is 3.51. The highest BCUT2D eigenvalue weighted by atomic mass is 16.6. The molecule has 30 heavy (non-hydrogen) atoms. The molecule has 0 spiro atoms. The van der Waals surface area contributed by atoms with Gasteiger partial charge in [0.2, 0.25) is 0 Å². The van der Waals surface area contributed by atoms with Gasteiger partial charge in [0.25, 0.3) is 0 Å². The number of carbonyl (C=O) groups is 2. The second kappa shape index (κ2) is 10.0. The van der Waals surface area contributed by atoms with E-state index in [4.69, 9.17) is 18.9 Å². The lowest BCUT2D eigenvalue weighted by atomic mass is 10.1. The Balaban J connectivity index is 1.49.